The standard InChI is InChI=1S/C21H27ClN6O2/c1-3-14-8-15(10-16(23)9-14)13(2)24-19-17-11-28(12-18(17)25-20(22)26-19)21(29)27-4-6-30-7-5-27/h8-10,13H,3-7,11-12,23H2,1-2H3,(H,24,25,26). The first-order valence-corrected chi connectivity index (χ1v) is 10.6. The first-order valence-electron chi connectivity index (χ1n) is 10.3. The van der Waals surface area contributed by atoms with Gasteiger partial charge in [-0.15, -0.1) is 0 Å². The van der Waals surface area contributed by atoms with Crippen LogP contribution in [0.2, 0.25) is 5.28 Å². The van der Waals surface area contributed by atoms with Crippen molar-refractivity contribution in [3.05, 3.63) is 45.9 Å². The fraction of sp³-hybridized carbons (Fsp3) is 0.476. The Labute approximate surface area is 181 Å². The lowest BCUT2D eigenvalue weighted by atomic mass is 10.0. The number of morpholine rings is 1. The van der Waals surface area contributed by atoms with Gasteiger partial charge in [0, 0.05) is 24.3 Å². The van der Waals surface area contributed by atoms with Crippen molar-refractivity contribution in [2.75, 3.05) is 37.4 Å². The molecule has 1 saturated heterocycles. The van der Waals surface area contributed by atoms with Gasteiger partial charge in [-0.2, -0.15) is 0 Å². The van der Waals surface area contributed by atoms with Crippen molar-refractivity contribution in [2.24, 2.45) is 0 Å². The number of anilines is 2. The lowest BCUT2D eigenvalue weighted by Gasteiger charge is -2.30. The first-order chi connectivity index (χ1) is 14.4. The Hall–Kier alpha value is -2.58. The topological polar surface area (TPSA) is 96.6 Å². The van der Waals surface area contributed by atoms with Gasteiger partial charge in [0.2, 0.25) is 5.28 Å². The maximum absolute atomic E-state index is 12.9. The number of aryl methyl sites for hydroxylation is 1. The Morgan fingerprint density at radius 1 is 1.23 bits per heavy atom. The number of nitrogen functional groups attached to an aromatic ring is 1. The first kappa shape index (κ1) is 20.7. The highest BCUT2D eigenvalue weighted by molar-refractivity contribution is 6.28. The molecule has 0 saturated carbocycles. The molecule has 2 aliphatic heterocycles. The molecule has 1 aromatic heterocycles. The van der Waals surface area contributed by atoms with E-state index in [1.807, 2.05) is 17.0 Å². The molecular formula is C21H27ClN6O2. The quantitative estimate of drug-likeness (QED) is 0.571. The molecule has 4 rings (SSSR count). The van der Waals surface area contributed by atoms with Crippen molar-refractivity contribution >= 4 is 29.1 Å². The minimum Gasteiger partial charge on any atom is -0.399 e. The van der Waals surface area contributed by atoms with E-state index >= 15 is 0 Å². The summed E-state index contributed by atoms with van der Waals surface area (Å²) in [7, 11) is 0. The van der Waals surface area contributed by atoms with Crippen LogP contribution >= 0.6 is 11.6 Å². The van der Waals surface area contributed by atoms with Gasteiger partial charge in [0.1, 0.15) is 5.82 Å². The van der Waals surface area contributed by atoms with Gasteiger partial charge in [0.15, 0.2) is 0 Å². The van der Waals surface area contributed by atoms with E-state index < -0.39 is 0 Å². The van der Waals surface area contributed by atoms with E-state index in [0.29, 0.717) is 45.2 Å². The molecule has 0 radical (unpaired) electrons. The number of hydrogen-bond acceptors (Lipinski definition) is 6. The van der Waals surface area contributed by atoms with Crippen LogP contribution in [-0.4, -0.2) is 52.1 Å². The van der Waals surface area contributed by atoms with Crippen LogP contribution in [0.1, 0.15) is 42.3 Å². The van der Waals surface area contributed by atoms with Gasteiger partial charge in [-0.05, 0) is 48.2 Å². The number of nitrogens with one attached hydrogen (secondary N) is 1. The SMILES string of the molecule is CCc1cc(N)cc(C(C)Nc2nc(Cl)nc3c2CN(C(=O)N2CCOCC2)C3)c1. The molecular weight excluding hydrogens is 404 g/mol. The van der Waals surface area contributed by atoms with Crippen LogP contribution < -0.4 is 11.1 Å². The largest absolute Gasteiger partial charge is 0.399 e. The second-order valence-electron chi connectivity index (χ2n) is 7.73. The van der Waals surface area contributed by atoms with E-state index in [9.17, 15) is 4.79 Å². The summed E-state index contributed by atoms with van der Waals surface area (Å²) in [4.78, 5) is 25.3. The van der Waals surface area contributed by atoms with E-state index in [4.69, 9.17) is 22.1 Å². The molecule has 2 aromatic rings. The van der Waals surface area contributed by atoms with Crippen LogP contribution in [0.4, 0.5) is 16.3 Å². The van der Waals surface area contributed by atoms with Crippen LogP contribution in [-0.2, 0) is 24.2 Å². The van der Waals surface area contributed by atoms with E-state index in [-0.39, 0.29) is 17.4 Å². The van der Waals surface area contributed by atoms with Crippen LogP contribution in [0.15, 0.2) is 18.2 Å². The molecule has 1 unspecified atom stereocenters. The molecule has 1 aromatic carbocycles. The van der Waals surface area contributed by atoms with Crippen molar-refractivity contribution in [3.63, 3.8) is 0 Å². The molecule has 0 spiro atoms. The monoisotopic (exact) mass is 430 g/mol. The van der Waals surface area contributed by atoms with Crippen LogP contribution in [0.3, 0.4) is 0 Å². The second-order valence-corrected chi connectivity index (χ2v) is 8.07. The number of benzene rings is 1. The number of urea groups is 1. The zero-order valence-corrected chi connectivity index (χ0v) is 18.1. The van der Waals surface area contributed by atoms with Gasteiger partial charge in [0.05, 0.1) is 38.0 Å². The van der Waals surface area contributed by atoms with Crippen molar-refractivity contribution in [2.45, 2.75) is 39.4 Å². The number of nitrogens with two attached hydrogens (primary N) is 1. The maximum atomic E-state index is 12.9. The summed E-state index contributed by atoms with van der Waals surface area (Å²) < 4.78 is 5.35. The van der Waals surface area contributed by atoms with Crippen molar-refractivity contribution < 1.29 is 9.53 Å². The third-order valence-electron chi connectivity index (χ3n) is 5.61. The van der Waals surface area contributed by atoms with Gasteiger partial charge in [-0.3, -0.25) is 0 Å². The molecule has 1 atom stereocenters. The summed E-state index contributed by atoms with van der Waals surface area (Å²) in [5.74, 6) is 0.662. The third-order valence-corrected chi connectivity index (χ3v) is 5.78. The molecule has 1 fully saturated rings. The number of amides is 2. The molecule has 2 amide bonds. The lowest BCUT2D eigenvalue weighted by Crippen LogP contribution is -2.46. The average Bonchev–Trinajstić information content (AvgIpc) is 3.17. The van der Waals surface area contributed by atoms with Crippen LogP contribution in [0.25, 0.3) is 0 Å². The van der Waals surface area contributed by atoms with E-state index in [0.717, 1.165) is 28.9 Å². The minimum atomic E-state index is -0.0298. The zero-order chi connectivity index (χ0) is 21.3. The molecule has 160 valence electrons. The van der Waals surface area contributed by atoms with E-state index in [1.165, 1.54) is 5.56 Å². The van der Waals surface area contributed by atoms with Crippen molar-refractivity contribution in [1.29, 1.82) is 0 Å². The van der Waals surface area contributed by atoms with E-state index in [1.54, 1.807) is 4.90 Å². The van der Waals surface area contributed by atoms with Gasteiger partial charge in [0.25, 0.3) is 0 Å². The number of halogens is 1. The second kappa shape index (κ2) is 8.65. The number of carbonyl (C=O) groups excluding carboxylic acids is 1. The fourth-order valence-corrected chi connectivity index (χ4v) is 4.11. The highest BCUT2D eigenvalue weighted by Crippen LogP contribution is 2.31. The van der Waals surface area contributed by atoms with Gasteiger partial charge >= 0.3 is 6.03 Å². The highest BCUT2D eigenvalue weighted by atomic mass is 35.5. The number of hydrogen-bond donors (Lipinski definition) is 2. The maximum Gasteiger partial charge on any atom is 0.320 e. The zero-order valence-electron chi connectivity index (χ0n) is 17.3. The summed E-state index contributed by atoms with van der Waals surface area (Å²) in [6.45, 7) is 7.40. The highest BCUT2D eigenvalue weighted by Gasteiger charge is 2.32. The number of fused-ring (bicyclic) bond motifs is 1. The lowest BCUT2D eigenvalue weighted by molar-refractivity contribution is 0.0429. The number of carbonyl (C=O) groups is 1. The summed E-state index contributed by atoms with van der Waals surface area (Å²) >= 11 is 6.19. The molecule has 0 bridgehead atoms. The Balaban J connectivity index is 1.54. The normalized spacial score (nSPS) is 17.0. The molecule has 30 heavy (non-hydrogen) atoms. The minimum absolute atomic E-state index is 0.00478. The predicted molar refractivity (Wildman–Crippen MR) is 116 cm³/mol. The molecule has 3 N–H and O–H groups in total. The molecule has 8 nitrogen and oxygen atoms in total. The molecule has 9 heteroatoms. The van der Waals surface area contributed by atoms with Crippen molar-refractivity contribution in [3.8, 4) is 0 Å². The number of ether oxygens (including phenoxy) is 1. The summed E-state index contributed by atoms with van der Waals surface area (Å²) in [6, 6.07) is 6.07. The number of aromatic nitrogens is 2. The van der Waals surface area contributed by atoms with Crippen molar-refractivity contribution in [1.82, 2.24) is 19.8 Å². The van der Waals surface area contributed by atoms with E-state index in [2.05, 4.69) is 35.2 Å². The average molecular weight is 431 g/mol. The summed E-state index contributed by atoms with van der Waals surface area (Å²) in [6.07, 6.45) is 0.915. The Kier molecular flexibility index (Phi) is 5.97. The summed E-state index contributed by atoms with van der Waals surface area (Å²) in [5.41, 5.74) is 10.8. The smallest absolute Gasteiger partial charge is 0.320 e. The Bertz CT molecular complexity index is 947. The number of nitrogens with zero attached hydrogens (tertiary/aromatic N) is 4. The Morgan fingerprint density at radius 2 is 2.00 bits per heavy atom. The Morgan fingerprint density at radius 3 is 2.73 bits per heavy atom. The van der Waals surface area contributed by atoms with Crippen LogP contribution in [0, 0.1) is 0 Å². The van der Waals surface area contributed by atoms with Gasteiger partial charge in [-0.25, -0.2) is 14.8 Å². The fourth-order valence-electron chi connectivity index (χ4n) is 3.92. The van der Waals surface area contributed by atoms with Gasteiger partial charge in [-0.1, -0.05) is 13.0 Å². The molecule has 2 aliphatic rings. The molecule has 0 aliphatic carbocycles. The number of rotatable bonds is 4. The van der Waals surface area contributed by atoms with Crippen LogP contribution in [0.5, 0.6) is 0 Å². The summed E-state index contributed by atoms with van der Waals surface area (Å²) in [5, 5.41) is 3.63. The molecule has 3 heterocycles. The third kappa shape index (κ3) is 4.29. The predicted octanol–water partition coefficient (Wildman–Crippen LogP) is 3.22. The van der Waals surface area contributed by atoms with Gasteiger partial charge < -0.3 is 25.6 Å².